The van der Waals surface area contributed by atoms with E-state index < -0.39 is 5.97 Å². The molecule has 1 fully saturated rings. The van der Waals surface area contributed by atoms with Crippen LogP contribution in [0.4, 0.5) is 11.5 Å². The molecule has 0 spiro atoms. The van der Waals surface area contributed by atoms with E-state index in [1.54, 1.807) is 24.4 Å². The third kappa shape index (κ3) is 3.95. The number of esters is 1. The average Bonchev–Trinajstić information content (AvgIpc) is 2.69. The van der Waals surface area contributed by atoms with Crippen molar-refractivity contribution in [3.8, 4) is 0 Å². The number of pyridine rings is 1. The maximum atomic E-state index is 12.8. The highest BCUT2D eigenvalue weighted by molar-refractivity contribution is 6.33. The van der Waals surface area contributed by atoms with Crippen molar-refractivity contribution in [1.82, 2.24) is 4.98 Å². The number of amides is 1. The summed E-state index contributed by atoms with van der Waals surface area (Å²) in [4.78, 5) is 30.9. The molecule has 136 valence electrons. The van der Waals surface area contributed by atoms with Crippen LogP contribution in [0.1, 0.15) is 20.7 Å². The van der Waals surface area contributed by atoms with E-state index in [0.717, 1.165) is 0 Å². The van der Waals surface area contributed by atoms with Crippen molar-refractivity contribution >= 4 is 35.0 Å². The molecule has 3 rings (SSSR count). The van der Waals surface area contributed by atoms with Crippen LogP contribution in [0.3, 0.4) is 0 Å². The number of halogens is 1. The number of methoxy groups -OCH3 is 1. The van der Waals surface area contributed by atoms with Crippen LogP contribution in [0.15, 0.2) is 36.5 Å². The summed E-state index contributed by atoms with van der Waals surface area (Å²) in [6.07, 6.45) is 1.65. The number of nitrogens with one attached hydrogen (secondary N) is 1. The Kier molecular flexibility index (Phi) is 5.70. The zero-order valence-electron chi connectivity index (χ0n) is 14.2. The minimum atomic E-state index is -0.568. The summed E-state index contributed by atoms with van der Waals surface area (Å²) in [6, 6.07) is 8.06. The van der Waals surface area contributed by atoms with Gasteiger partial charge in [0, 0.05) is 25.0 Å². The van der Waals surface area contributed by atoms with Crippen LogP contribution in [0, 0.1) is 0 Å². The zero-order valence-corrected chi connectivity index (χ0v) is 15.0. The van der Waals surface area contributed by atoms with Crippen molar-refractivity contribution in [3.05, 3.63) is 52.7 Å². The van der Waals surface area contributed by atoms with Gasteiger partial charge in [-0.25, -0.2) is 9.78 Å². The van der Waals surface area contributed by atoms with Crippen molar-refractivity contribution in [2.75, 3.05) is 43.6 Å². The van der Waals surface area contributed by atoms with Crippen LogP contribution < -0.4 is 10.2 Å². The van der Waals surface area contributed by atoms with Gasteiger partial charge in [0.05, 0.1) is 36.5 Å². The van der Waals surface area contributed by atoms with Crippen LogP contribution in [0.5, 0.6) is 0 Å². The SMILES string of the molecule is COC(=O)c1cc(NC(=O)c2cccnc2N2CCOCC2)ccc1Cl. The fraction of sp³-hybridized carbons (Fsp3) is 0.278. The van der Waals surface area contributed by atoms with Crippen molar-refractivity contribution in [1.29, 1.82) is 0 Å². The molecule has 2 heterocycles. The second-order valence-corrected chi connectivity index (χ2v) is 6.02. The predicted molar refractivity (Wildman–Crippen MR) is 98.0 cm³/mol. The molecular formula is C18H18ClN3O4. The monoisotopic (exact) mass is 375 g/mol. The zero-order chi connectivity index (χ0) is 18.5. The molecule has 8 heteroatoms. The van der Waals surface area contributed by atoms with Crippen LogP contribution in [0.2, 0.25) is 5.02 Å². The van der Waals surface area contributed by atoms with Gasteiger partial charge in [0.1, 0.15) is 5.82 Å². The highest BCUT2D eigenvalue weighted by atomic mass is 35.5. The molecule has 2 aromatic rings. The standard InChI is InChI=1S/C18H18ClN3O4/c1-25-18(24)14-11-12(4-5-15(14)19)21-17(23)13-3-2-6-20-16(13)22-7-9-26-10-8-22/h2-6,11H,7-10H2,1H3,(H,21,23). The summed E-state index contributed by atoms with van der Waals surface area (Å²) in [5, 5.41) is 3.04. The molecule has 1 aliphatic rings. The Bertz CT molecular complexity index is 822. The summed E-state index contributed by atoms with van der Waals surface area (Å²) in [6.45, 7) is 2.53. The first-order chi connectivity index (χ1) is 12.6. The molecule has 0 unspecified atom stereocenters. The Morgan fingerprint density at radius 2 is 2.00 bits per heavy atom. The molecule has 1 aromatic heterocycles. The molecule has 0 saturated carbocycles. The fourth-order valence-electron chi connectivity index (χ4n) is 2.67. The molecule has 0 radical (unpaired) electrons. The highest BCUT2D eigenvalue weighted by Gasteiger charge is 2.20. The molecule has 1 aliphatic heterocycles. The fourth-order valence-corrected chi connectivity index (χ4v) is 2.86. The summed E-state index contributed by atoms with van der Waals surface area (Å²) >= 11 is 6.01. The third-order valence-electron chi connectivity index (χ3n) is 3.97. The van der Waals surface area contributed by atoms with E-state index in [9.17, 15) is 9.59 Å². The van der Waals surface area contributed by atoms with E-state index in [1.807, 2.05) is 4.90 Å². The van der Waals surface area contributed by atoms with Crippen LogP contribution in [-0.2, 0) is 9.47 Å². The molecule has 1 amide bonds. The third-order valence-corrected chi connectivity index (χ3v) is 4.30. The van der Waals surface area contributed by atoms with Gasteiger partial charge in [-0.15, -0.1) is 0 Å². The average molecular weight is 376 g/mol. The van der Waals surface area contributed by atoms with E-state index in [0.29, 0.717) is 43.4 Å². The predicted octanol–water partition coefficient (Wildman–Crippen LogP) is 2.61. The first kappa shape index (κ1) is 18.2. The van der Waals surface area contributed by atoms with E-state index in [4.69, 9.17) is 21.1 Å². The molecule has 0 bridgehead atoms. The van der Waals surface area contributed by atoms with Gasteiger partial charge in [-0.05, 0) is 30.3 Å². The Morgan fingerprint density at radius 3 is 2.73 bits per heavy atom. The topological polar surface area (TPSA) is 80.8 Å². The van der Waals surface area contributed by atoms with Gasteiger partial charge in [0.25, 0.3) is 5.91 Å². The molecular weight excluding hydrogens is 358 g/mol. The Labute approximate surface area is 155 Å². The van der Waals surface area contributed by atoms with Gasteiger partial charge in [-0.1, -0.05) is 11.6 Å². The van der Waals surface area contributed by atoms with Crippen molar-refractivity contribution in [2.45, 2.75) is 0 Å². The number of anilines is 2. The number of hydrogen-bond acceptors (Lipinski definition) is 6. The number of benzene rings is 1. The van der Waals surface area contributed by atoms with E-state index in [2.05, 4.69) is 10.3 Å². The maximum absolute atomic E-state index is 12.8. The lowest BCUT2D eigenvalue weighted by atomic mass is 10.1. The molecule has 7 nitrogen and oxygen atoms in total. The number of ether oxygens (including phenoxy) is 2. The second kappa shape index (κ2) is 8.16. The summed E-state index contributed by atoms with van der Waals surface area (Å²) in [5.41, 5.74) is 1.08. The quantitative estimate of drug-likeness (QED) is 0.827. The Morgan fingerprint density at radius 1 is 1.23 bits per heavy atom. The van der Waals surface area contributed by atoms with E-state index >= 15 is 0 Å². The molecule has 0 aliphatic carbocycles. The highest BCUT2D eigenvalue weighted by Crippen LogP contribution is 2.24. The number of rotatable bonds is 4. The minimum absolute atomic E-state index is 0.187. The lowest BCUT2D eigenvalue weighted by Gasteiger charge is -2.29. The van der Waals surface area contributed by atoms with E-state index in [-0.39, 0.29) is 16.5 Å². The van der Waals surface area contributed by atoms with Crippen LogP contribution >= 0.6 is 11.6 Å². The molecule has 0 atom stereocenters. The van der Waals surface area contributed by atoms with Crippen molar-refractivity contribution in [2.24, 2.45) is 0 Å². The number of carbonyl (C=O) groups is 2. The first-order valence-corrected chi connectivity index (χ1v) is 8.45. The largest absolute Gasteiger partial charge is 0.465 e. The first-order valence-electron chi connectivity index (χ1n) is 8.07. The maximum Gasteiger partial charge on any atom is 0.339 e. The number of hydrogen-bond donors (Lipinski definition) is 1. The number of carbonyl (C=O) groups excluding carboxylic acids is 2. The number of aromatic nitrogens is 1. The Hall–Kier alpha value is -2.64. The molecule has 1 saturated heterocycles. The number of morpholine rings is 1. The Balaban J connectivity index is 1.84. The summed E-state index contributed by atoms with van der Waals surface area (Å²) in [5.74, 6) is -0.283. The summed E-state index contributed by atoms with van der Waals surface area (Å²) in [7, 11) is 1.27. The van der Waals surface area contributed by atoms with Gasteiger partial charge >= 0.3 is 5.97 Å². The lowest BCUT2D eigenvalue weighted by molar-refractivity contribution is 0.0600. The van der Waals surface area contributed by atoms with Gasteiger partial charge in [-0.3, -0.25) is 4.79 Å². The summed E-state index contributed by atoms with van der Waals surface area (Å²) < 4.78 is 10.0. The lowest BCUT2D eigenvalue weighted by Crippen LogP contribution is -2.38. The second-order valence-electron chi connectivity index (χ2n) is 5.61. The smallest absolute Gasteiger partial charge is 0.339 e. The number of nitrogens with zero attached hydrogens (tertiary/aromatic N) is 2. The van der Waals surface area contributed by atoms with Gasteiger partial charge in [0.2, 0.25) is 0 Å². The van der Waals surface area contributed by atoms with Gasteiger partial charge in [-0.2, -0.15) is 0 Å². The molecule has 26 heavy (non-hydrogen) atoms. The van der Waals surface area contributed by atoms with Gasteiger partial charge in [0.15, 0.2) is 0 Å². The van der Waals surface area contributed by atoms with Gasteiger partial charge < -0.3 is 19.7 Å². The van der Waals surface area contributed by atoms with Crippen molar-refractivity contribution in [3.63, 3.8) is 0 Å². The van der Waals surface area contributed by atoms with Crippen LogP contribution in [-0.4, -0.2) is 50.3 Å². The van der Waals surface area contributed by atoms with Crippen LogP contribution in [0.25, 0.3) is 0 Å². The normalized spacial score (nSPS) is 14.0. The van der Waals surface area contributed by atoms with Crippen molar-refractivity contribution < 1.29 is 19.1 Å². The molecule has 1 N–H and O–H groups in total. The van der Waals surface area contributed by atoms with E-state index in [1.165, 1.54) is 19.2 Å². The minimum Gasteiger partial charge on any atom is -0.465 e. The molecule has 1 aromatic carbocycles.